The molecule has 0 saturated carbocycles. The van der Waals surface area contributed by atoms with Crippen LogP contribution >= 0.6 is 11.3 Å². The van der Waals surface area contributed by atoms with Crippen LogP contribution in [0.5, 0.6) is 11.5 Å². The number of ether oxygens (including phenoxy) is 2. The number of benzene rings is 2. The molecule has 0 spiro atoms. The molecule has 3 aromatic rings. The van der Waals surface area contributed by atoms with Gasteiger partial charge in [0.2, 0.25) is 0 Å². The summed E-state index contributed by atoms with van der Waals surface area (Å²) < 4.78 is 35.7. The van der Waals surface area contributed by atoms with Crippen molar-refractivity contribution in [2.24, 2.45) is 0 Å². The zero-order valence-electron chi connectivity index (χ0n) is 17.0. The number of methoxy groups -OCH3 is 1. The molecule has 1 saturated heterocycles. The predicted molar refractivity (Wildman–Crippen MR) is 114 cm³/mol. The summed E-state index contributed by atoms with van der Waals surface area (Å²) in [5.74, 6) is -1.24. The van der Waals surface area contributed by atoms with Crippen molar-refractivity contribution in [3.05, 3.63) is 57.1 Å². The molecule has 1 fully saturated rings. The maximum absolute atomic E-state index is 13.2. The van der Waals surface area contributed by atoms with Crippen molar-refractivity contribution < 1.29 is 28.0 Å². The van der Waals surface area contributed by atoms with E-state index in [1.54, 1.807) is 11.3 Å². The van der Waals surface area contributed by atoms with E-state index in [1.165, 1.54) is 12.0 Å². The van der Waals surface area contributed by atoms with Crippen LogP contribution in [0.2, 0.25) is 0 Å². The molecule has 0 bridgehead atoms. The Hall–Kier alpha value is -3.34. The monoisotopic (exact) mass is 463 g/mol. The predicted octanol–water partition coefficient (Wildman–Crippen LogP) is 4.83. The Morgan fingerprint density at radius 1 is 1.31 bits per heavy atom. The van der Waals surface area contributed by atoms with Gasteiger partial charge in [0, 0.05) is 25.1 Å². The van der Waals surface area contributed by atoms with E-state index < -0.39 is 28.9 Å². The molecule has 1 aliphatic rings. The van der Waals surface area contributed by atoms with Crippen LogP contribution in [-0.2, 0) is 0 Å². The maximum atomic E-state index is 13.2. The number of fused-ring (bicyclic) bond motifs is 1. The van der Waals surface area contributed by atoms with Gasteiger partial charge in [-0.3, -0.25) is 14.9 Å². The van der Waals surface area contributed by atoms with E-state index in [1.807, 2.05) is 24.3 Å². The Balaban J connectivity index is 1.63. The van der Waals surface area contributed by atoms with E-state index in [0.717, 1.165) is 33.8 Å². The van der Waals surface area contributed by atoms with Gasteiger partial charge < -0.3 is 14.4 Å². The molecule has 4 rings (SSSR count). The highest BCUT2D eigenvalue weighted by Crippen LogP contribution is 2.38. The van der Waals surface area contributed by atoms with Gasteiger partial charge in [-0.2, -0.15) is 8.78 Å². The van der Waals surface area contributed by atoms with Gasteiger partial charge in [-0.15, -0.1) is 11.3 Å². The van der Waals surface area contributed by atoms with Crippen LogP contribution in [0.4, 0.5) is 14.5 Å². The average Bonchev–Trinajstić information content (AvgIpc) is 3.22. The van der Waals surface area contributed by atoms with E-state index in [0.29, 0.717) is 19.5 Å². The number of halogens is 2. The molecule has 1 amide bonds. The first-order valence-corrected chi connectivity index (χ1v) is 10.6. The summed E-state index contributed by atoms with van der Waals surface area (Å²) in [6, 6.07) is 9.65. The average molecular weight is 463 g/mol. The van der Waals surface area contributed by atoms with Gasteiger partial charge >= 0.3 is 6.61 Å². The third-order valence-electron chi connectivity index (χ3n) is 5.29. The summed E-state index contributed by atoms with van der Waals surface area (Å²) in [4.78, 5) is 30.2. The van der Waals surface area contributed by atoms with Crippen LogP contribution in [-0.4, -0.2) is 47.5 Å². The number of alkyl halides is 2. The molecule has 0 N–H and O–H groups in total. The lowest BCUT2D eigenvalue weighted by Crippen LogP contribution is -2.39. The van der Waals surface area contributed by atoms with Crippen LogP contribution in [0.3, 0.4) is 0 Å². The Morgan fingerprint density at radius 2 is 2.09 bits per heavy atom. The van der Waals surface area contributed by atoms with Gasteiger partial charge in [0.15, 0.2) is 11.5 Å². The summed E-state index contributed by atoms with van der Waals surface area (Å²) in [6.07, 6.45) is 1.56. The number of carbonyl (C=O) groups is 1. The van der Waals surface area contributed by atoms with Gasteiger partial charge in [0.25, 0.3) is 11.6 Å². The SMILES string of the molecule is COc1cc(C(=O)N2CCCC(c3nc4ccccc4s3)C2)c([N+](=O)[O-])cc1OC(F)F. The second kappa shape index (κ2) is 9.03. The number of piperidine rings is 1. The Morgan fingerprint density at radius 3 is 2.78 bits per heavy atom. The lowest BCUT2D eigenvalue weighted by molar-refractivity contribution is -0.385. The first-order chi connectivity index (χ1) is 15.4. The molecule has 1 atom stereocenters. The molecule has 0 radical (unpaired) electrons. The lowest BCUT2D eigenvalue weighted by Gasteiger charge is -2.31. The van der Waals surface area contributed by atoms with Gasteiger partial charge in [-0.05, 0) is 25.0 Å². The van der Waals surface area contributed by atoms with E-state index in [-0.39, 0.29) is 17.2 Å². The molecule has 1 aliphatic heterocycles. The highest BCUT2D eigenvalue weighted by Gasteiger charge is 2.32. The molecule has 11 heteroatoms. The molecule has 2 aromatic carbocycles. The van der Waals surface area contributed by atoms with Crippen molar-refractivity contribution in [2.45, 2.75) is 25.4 Å². The summed E-state index contributed by atoms with van der Waals surface area (Å²) >= 11 is 1.57. The molecule has 2 heterocycles. The zero-order chi connectivity index (χ0) is 22.8. The van der Waals surface area contributed by atoms with Gasteiger partial charge in [0.05, 0.1) is 33.3 Å². The fourth-order valence-electron chi connectivity index (χ4n) is 3.82. The van der Waals surface area contributed by atoms with Gasteiger partial charge in [-0.25, -0.2) is 4.98 Å². The number of thiazole rings is 1. The minimum absolute atomic E-state index is 0.00694. The molecule has 168 valence electrons. The molecule has 0 aliphatic carbocycles. The summed E-state index contributed by atoms with van der Waals surface area (Å²) in [5.41, 5.74) is 0.0397. The lowest BCUT2D eigenvalue weighted by atomic mass is 9.97. The number of aromatic nitrogens is 1. The minimum atomic E-state index is -3.19. The summed E-state index contributed by atoms with van der Waals surface area (Å²) in [7, 11) is 1.21. The number of likely N-dealkylation sites (tertiary alicyclic amines) is 1. The number of hydrogen-bond donors (Lipinski definition) is 0. The number of hydrogen-bond acceptors (Lipinski definition) is 7. The van der Waals surface area contributed by atoms with Crippen LogP contribution < -0.4 is 9.47 Å². The Kier molecular flexibility index (Phi) is 6.17. The standard InChI is InChI=1S/C21H19F2N3O5S/c1-30-16-9-13(15(26(28)29)10-17(16)31-21(22)23)20(27)25-8-4-5-12(11-25)19-24-14-6-2-3-7-18(14)32-19/h2-3,6-7,9-10,12,21H,4-5,8,11H2,1H3. The number of nitro groups is 1. The third-order valence-corrected chi connectivity index (χ3v) is 6.49. The largest absolute Gasteiger partial charge is 0.493 e. The summed E-state index contributed by atoms with van der Waals surface area (Å²) in [5, 5.41) is 12.5. The van der Waals surface area contributed by atoms with Crippen molar-refractivity contribution in [1.82, 2.24) is 9.88 Å². The number of rotatable bonds is 6. The van der Waals surface area contributed by atoms with Crippen LogP contribution in [0.1, 0.15) is 34.1 Å². The molecule has 1 unspecified atom stereocenters. The second-order valence-corrected chi connectivity index (χ2v) is 8.33. The second-order valence-electron chi connectivity index (χ2n) is 7.27. The first kappa shape index (κ1) is 21.9. The van der Waals surface area contributed by atoms with Crippen molar-refractivity contribution >= 4 is 33.1 Å². The fourth-order valence-corrected chi connectivity index (χ4v) is 4.91. The molecular weight excluding hydrogens is 444 g/mol. The Labute approximate surface area is 185 Å². The maximum Gasteiger partial charge on any atom is 0.387 e. The van der Waals surface area contributed by atoms with E-state index >= 15 is 0 Å². The number of amides is 1. The first-order valence-electron chi connectivity index (χ1n) is 9.83. The van der Waals surface area contributed by atoms with Crippen LogP contribution in [0, 0.1) is 10.1 Å². The highest BCUT2D eigenvalue weighted by atomic mass is 32.1. The molecular formula is C21H19F2N3O5S. The smallest absolute Gasteiger partial charge is 0.387 e. The number of para-hydroxylation sites is 1. The van der Waals surface area contributed by atoms with Crippen molar-refractivity contribution in [2.75, 3.05) is 20.2 Å². The van der Waals surface area contributed by atoms with Gasteiger partial charge in [-0.1, -0.05) is 12.1 Å². The van der Waals surface area contributed by atoms with E-state index in [9.17, 15) is 23.7 Å². The summed E-state index contributed by atoms with van der Waals surface area (Å²) in [6.45, 7) is -2.41. The third kappa shape index (κ3) is 4.33. The number of nitro benzene ring substituents is 1. The van der Waals surface area contributed by atoms with Crippen LogP contribution in [0.15, 0.2) is 36.4 Å². The van der Waals surface area contributed by atoms with Crippen LogP contribution in [0.25, 0.3) is 10.2 Å². The molecule has 8 nitrogen and oxygen atoms in total. The number of nitrogens with zero attached hydrogens (tertiary/aromatic N) is 3. The quantitative estimate of drug-likeness (QED) is 0.384. The molecule has 32 heavy (non-hydrogen) atoms. The van der Waals surface area contributed by atoms with Crippen molar-refractivity contribution in [3.63, 3.8) is 0 Å². The highest BCUT2D eigenvalue weighted by molar-refractivity contribution is 7.18. The van der Waals surface area contributed by atoms with Gasteiger partial charge in [0.1, 0.15) is 5.56 Å². The topological polar surface area (TPSA) is 94.8 Å². The zero-order valence-corrected chi connectivity index (χ0v) is 17.8. The normalized spacial score (nSPS) is 16.4. The minimum Gasteiger partial charge on any atom is -0.493 e. The van der Waals surface area contributed by atoms with E-state index in [4.69, 9.17) is 4.74 Å². The van der Waals surface area contributed by atoms with E-state index in [2.05, 4.69) is 9.72 Å². The molecule has 1 aromatic heterocycles. The van der Waals surface area contributed by atoms with Crippen molar-refractivity contribution in [3.8, 4) is 11.5 Å². The Bertz CT molecular complexity index is 1140. The fraction of sp³-hybridized carbons (Fsp3) is 0.333. The number of carbonyl (C=O) groups excluding carboxylic acids is 1. The van der Waals surface area contributed by atoms with Crippen molar-refractivity contribution in [1.29, 1.82) is 0 Å².